The fourth-order valence-corrected chi connectivity index (χ4v) is 2.44. The average molecular weight is 261 g/mol. The van der Waals surface area contributed by atoms with Gasteiger partial charge in [-0.15, -0.1) is 0 Å². The third kappa shape index (κ3) is 4.17. The first-order valence-corrected chi connectivity index (χ1v) is 7.26. The van der Waals surface area contributed by atoms with E-state index < -0.39 is 0 Å². The van der Waals surface area contributed by atoms with E-state index in [0.29, 0.717) is 0 Å². The van der Waals surface area contributed by atoms with Crippen molar-refractivity contribution in [1.82, 2.24) is 5.32 Å². The van der Waals surface area contributed by atoms with Crippen molar-refractivity contribution in [1.29, 1.82) is 0 Å². The molecule has 3 heteroatoms. The third-order valence-corrected chi connectivity index (χ3v) is 3.45. The molecule has 2 nitrogen and oxygen atoms in total. The fourth-order valence-electron chi connectivity index (χ4n) is 1.74. The van der Waals surface area contributed by atoms with Crippen LogP contribution in [0.3, 0.4) is 0 Å². The lowest BCUT2D eigenvalue weighted by atomic mass is 10.2. The van der Waals surface area contributed by atoms with E-state index in [9.17, 15) is 0 Å². The molecule has 1 aromatic carbocycles. The fraction of sp³-hybridized carbons (Fsp3) is 0.333. The predicted octanol–water partition coefficient (Wildman–Crippen LogP) is 3.48. The first-order chi connectivity index (χ1) is 8.88. The molecule has 0 radical (unpaired) electrons. The summed E-state index contributed by atoms with van der Waals surface area (Å²) in [7, 11) is 0. The van der Waals surface area contributed by atoms with Crippen LogP contribution in [-0.2, 0) is 13.0 Å². The van der Waals surface area contributed by atoms with Crippen LogP contribution in [0.2, 0.25) is 0 Å². The molecule has 0 bridgehead atoms. The van der Waals surface area contributed by atoms with Crippen LogP contribution in [0.15, 0.2) is 41.1 Å². The van der Waals surface area contributed by atoms with E-state index in [2.05, 4.69) is 41.2 Å². The molecular weight excluding hydrogens is 242 g/mol. The third-order valence-electron chi connectivity index (χ3n) is 2.72. The zero-order chi connectivity index (χ0) is 12.6. The van der Waals surface area contributed by atoms with Gasteiger partial charge in [-0.2, -0.15) is 11.3 Å². The second-order valence-corrected chi connectivity index (χ2v) is 4.94. The molecule has 0 aliphatic heterocycles. The van der Waals surface area contributed by atoms with Crippen LogP contribution >= 0.6 is 11.3 Å². The van der Waals surface area contributed by atoms with Crippen molar-refractivity contribution in [3.05, 3.63) is 52.2 Å². The minimum Gasteiger partial charge on any atom is -0.493 e. The molecule has 18 heavy (non-hydrogen) atoms. The van der Waals surface area contributed by atoms with Crippen molar-refractivity contribution in [3.8, 4) is 5.75 Å². The Labute approximate surface area is 113 Å². The van der Waals surface area contributed by atoms with E-state index in [1.54, 1.807) is 11.3 Å². The molecule has 1 aromatic heterocycles. The SMILES string of the molecule is CCNCc1cccc(OCCc2ccsc2)c1. The maximum Gasteiger partial charge on any atom is 0.119 e. The molecular formula is C15H19NOS. The van der Waals surface area contributed by atoms with Crippen molar-refractivity contribution in [2.75, 3.05) is 13.2 Å². The zero-order valence-corrected chi connectivity index (χ0v) is 11.5. The summed E-state index contributed by atoms with van der Waals surface area (Å²) in [4.78, 5) is 0. The summed E-state index contributed by atoms with van der Waals surface area (Å²) >= 11 is 1.73. The van der Waals surface area contributed by atoms with E-state index in [1.807, 2.05) is 12.1 Å². The lowest BCUT2D eigenvalue weighted by Gasteiger charge is -2.08. The molecule has 0 atom stereocenters. The minimum absolute atomic E-state index is 0.737. The highest BCUT2D eigenvalue weighted by molar-refractivity contribution is 7.07. The summed E-state index contributed by atoms with van der Waals surface area (Å²) in [5.41, 5.74) is 2.62. The van der Waals surface area contributed by atoms with Gasteiger partial charge in [0, 0.05) is 13.0 Å². The molecule has 0 aliphatic carbocycles. The summed E-state index contributed by atoms with van der Waals surface area (Å²) in [6.07, 6.45) is 0.973. The summed E-state index contributed by atoms with van der Waals surface area (Å²) < 4.78 is 5.78. The molecule has 1 heterocycles. The van der Waals surface area contributed by atoms with Gasteiger partial charge >= 0.3 is 0 Å². The van der Waals surface area contributed by atoms with Crippen molar-refractivity contribution in [3.63, 3.8) is 0 Å². The average Bonchev–Trinajstić information content (AvgIpc) is 2.90. The van der Waals surface area contributed by atoms with Gasteiger partial charge < -0.3 is 10.1 Å². The number of hydrogen-bond donors (Lipinski definition) is 1. The Hall–Kier alpha value is -1.32. The van der Waals surface area contributed by atoms with Crippen molar-refractivity contribution >= 4 is 11.3 Å². The van der Waals surface area contributed by atoms with Gasteiger partial charge in [0.15, 0.2) is 0 Å². The van der Waals surface area contributed by atoms with Gasteiger partial charge in [0.25, 0.3) is 0 Å². The van der Waals surface area contributed by atoms with Crippen LogP contribution in [0.5, 0.6) is 5.75 Å². The Morgan fingerprint density at radius 3 is 2.94 bits per heavy atom. The lowest BCUT2D eigenvalue weighted by molar-refractivity contribution is 0.321. The van der Waals surface area contributed by atoms with Crippen molar-refractivity contribution < 1.29 is 4.74 Å². The molecule has 1 N–H and O–H groups in total. The van der Waals surface area contributed by atoms with Gasteiger partial charge in [-0.3, -0.25) is 0 Å². The first-order valence-electron chi connectivity index (χ1n) is 6.32. The van der Waals surface area contributed by atoms with Crippen molar-refractivity contribution in [2.24, 2.45) is 0 Å². The van der Waals surface area contributed by atoms with Gasteiger partial charge in [0.05, 0.1) is 6.61 Å². The zero-order valence-electron chi connectivity index (χ0n) is 10.7. The molecule has 0 saturated carbocycles. The van der Waals surface area contributed by atoms with Gasteiger partial charge in [-0.1, -0.05) is 19.1 Å². The number of benzene rings is 1. The molecule has 0 spiro atoms. The molecule has 2 aromatic rings. The largest absolute Gasteiger partial charge is 0.493 e. The normalized spacial score (nSPS) is 10.5. The lowest BCUT2D eigenvalue weighted by Crippen LogP contribution is -2.11. The van der Waals surface area contributed by atoms with Crippen LogP contribution in [0.25, 0.3) is 0 Å². The van der Waals surface area contributed by atoms with Crippen LogP contribution < -0.4 is 10.1 Å². The highest BCUT2D eigenvalue weighted by Gasteiger charge is 1.98. The monoisotopic (exact) mass is 261 g/mol. The second kappa shape index (κ2) is 7.19. The number of rotatable bonds is 7. The second-order valence-electron chi connectivity index (χ2n) is 4.16. The highest BCUT2D eigenvalue weighted by Crippen LogP contribution is 2.14. The Morgan fingerprint density at radius 1 is 1.22 bits per heavy atom. The van der Waals surface area contributed by atoms with Gasteiger partial charge in [0.2, 0.25) is 0 Å². The highest BCUT2D eigenvalue weighted by atomic mass is 32.1. The molecule has 0 amide bonds. The maximum absolute atomic E-state index is 5.78. The minimum atomic E-state index is 0.737. The number of hydrogen-bond acceptors (Lipinski definition) is 3. The van der Waals surface area contributed by atoms with E-state index in [-0.39, 0.29) is 0 Å². The van der Waals surface area contributed by atoms with Crippen molar-refractivity contribution in [2.45, 2.75) is 19.9 Å². The van der Waals surface area contributed by atoms with E-state index >= 15 is 0 Å². The molecule has 0 aliphatic rings. The number of nitrogens with one attached hydrogen (secondary N) is 1. The smallest absolute Gasteiger partial charge is 0.119 e. The van der Waals surface area contributed by atoms with E-state index in [4.69, 9.17) is 4.74 Å². The maximum atomic E-state index is 5.78. The Balaban J connectivity index is 1.81. The van der Waals surface area contributed by atoms with Crippen LogP contribution in [0, 0.1) is 0 Å². The van der Waals surface area contributed by atoms with E-state index in [0.717, 1.165) is 31.9 Å². The summed E-state index contributed by atoms with van der Waals surface area (Å²) in [5.74, 6) is 0.959. The standard InChI is InChI=1S/C15H19NOS/c1-2-16-11-14-4-3-5-15(10-14)17-8-6-13-7-9-18-12-13/h3-5,7,9-10,12,16H,2,6,8,11H2,1H3. The summed E-state index contributed by atoms with van der Waals surface area (Å²) in [5, 5.41) is 7.59. The summed E-state index contributed by atoms with van der Waals surface area (Å²) in [6, 6.07) is 10.4. The van der Waals surface area contributed by atoms with E-state index in [1.165, 1.54) is 11.1 Å². The predicted molar refractivity (Wildman–Crippen MR) is 77.3 cm³/mol. The Bertz CT molecular complexity index is 453. The van der Waals surface area contributed by atoms with Gasteiger partial charge in [-0.25, -0.2) is 0 Å². The van der Waals surface area contributed by atoms with Crippen LogP contribution in [0.4, 0.5) is 0 Å². The summed E-state index contributed by atoms with van der Waals surface area (Å²) in [6.45, 7) is 4.74. The molecule has 96 valence electrons. The molecule has 2 rings (SSSR count). The van der Waals surface area contributed by atoms with Gasteiger partial charge in [0.1, 0.15) is 5.75 Å². The number of thiophene rings is 1. The topological polar surface area (TPSA) is 21.3 Å². The van der Waals surface area contributed by atoms with Gasteiger partial charge in [-0.05, 0) is 46.6 Å². The molecule has 0 saturated heterocycles. The molecule has 0 fully saturated rings. The van der Waals surface area contributed by atoms with Crippen LogP contribution in [-0.4, -0.2) is 13.2 Å². The Morgan fingerprint density at radius 2 is 2.17 bits per heavy atom. The first kappa shape index (κ1) is 13.1. The number of ether oxygens (including phenoxy) is 1. The van der Waals surface area contributed by atoms with Crippen LogP contribution in [0.1, 0.15) is 18.1 Å². The molecule has 0 unspecified atom stereocenters. The Kier molecular flexibility index (Phi) is 5.24. The quantitative estimate of drug-likeness (QED) is 0.824.